The first-order valence-corrected chi connectivity index (χ1v) is 6.73. The lowest BCUT2D eigenvalue weighted by molar-refractivity contribution is 0.103. The van der Waals surface area contributed by atoms with E-state index in [0.717, 1.165) is 15.6 Å². The number of rotatable bonds is 2. The fraction of sp³-hybridized carbons (Fsp3) is 0.133. The van der Waals surface area contributed by atoms with E-state index in [9.17, 15) is 4.79 Å². The van der Waals surface area contributed by atoms with E-state index >= 15 is 0 Å². The number of nitrogens with two attached hydrogens (primary N) is 1. The normalized spacial score (nSPS) is 13.3. The van der Waals surface area contributed by atoms with Gasteiger partial charge in [0.05, 0.1) is 13.2 Å². The van der Waals surface area contributed by atoms with E-state index in [4.69, 9.17) is 10.5 Å². The van der Waals surface area contributed by atoms with Gasteiger partial charge < -0.3 is 10.5 Å². The molecule has 1 aliphatic rings. The lowest BCUT2D eigenvalue weighted by Crippen LogP contribution is -2.03. The summed E-state index contributed by atoms with van der Waals surface area (Å²) in [5.74, 6) is -0.0253. The number of carbonyl (C=O) groups excluding carboxylic acids is 1. The second-order valence-electron chi connectivity index (χ2n) is 4.58. The number of ketones is 1. The number of anilines is 1. The summed E-state index contributed by atoms with van der Waals surface area (Å²) in [7, 11) is 0. The topological polar surface area (TPSA) is 52.3 Å². The second kappa shape index (κ2) is 4.79. The Balaban J connectivity index is 1.99. The SMILES string of the molecule is Nc1cc(Br)cc(C(=O)c2ccc3c(c2)COC3)c1. The third-order valence-electron chi connectivity index (χ3n) is 3.17. The summed E-state index contributed by atoms with van der Waals surface area (Å²) >= 11 is 3.35. The molecular weight excluding hydrogens is 306 g/mol. The predicted molar refractivity (Wildman–Crippen MR) is 76.9 cm³/mol. The van der Waals surface area contributed by atoms with Gasteiger partial charge in [0.1, 0.15) is 0 Å². The average Bonchev–Trinajstić information content (AvgIpc) is 2.83. The lowest BCUT2D eigenvalue weighted by atomic mass is 9.99. The van der Waals surface area contributed by atoms with Crippen LogP contribution in [-0.2, 0) is 18.0 Å². The summed E-state index contributed by atoms with van der Waals surface area (Å²) < 4.78 is 6.16. The minimum absolute atomic E-state index is 0.0253. The average molecular weight is 318 g/mol. The molecule has 0 amide bonds. The molecule has 4 heteroatoms. The zero-order valence-corrected chi connectivity index (χ0v) is 11.7. The Kier molecular flexibility index (Phi) is 3.12. The molecule has 2 aromatic carbocycles. The van der Waals surface area contributed by atoms with Crippen LogP contribution in [0.3, 0.4) is 0 Å². The molecular formula is C15H12BrNO2. The molecule has 96 valence electrons. The van der Waals surface area contributed by atoms with E-state index in [1.807, 2.05) is 18.2 Å². The molecule has 19 heavy (non-hydrogen) atoms. The van der Waals surface area contributed by atoms with E-state index in [-0.39, 0.29) is 5.78 Å². The number of ether oxygens (including phenoxy) is 1. The van der Waals surface area contributed by atoms with Crippen LogP contribution >= 0.6 is 15.9 Å². The van der Waals surface area contributed by atoms with Crippen molar-refractivity contribution >= 4 is 27.4 Å². The Labute approximate surface area is 119 Å². The van der Waals surface area contributed by atoms with E-state index in [0.29, 0.717) is 30.0 Å². The van der Waals surface area contributed by atoms with Crippen LogP contribution in [0, 0.1) is 0 Å². The van der Waals surface area contributed by atoms with E-state index in [2.05, 4.69) is 15.9 Å². The van der Waals surface area contributed by atoms with E-state index in [1.54, 1.807) is 18.2 Å². The molecule has 1 aliphatic heterocycles. The van der Waals surface area contributed by atoms with Crippen molar-refractivity contribution in [3.63, 3.8) is 0 Å². The van der Waals surface area contributed by atoms with Gasteiger partial charge in [-0.05, 0) is 35.4 Å². The van der Waals surface area contributed by atoms with E-state index < -0.39 is 0 Å². The van der Waals surface area contributed by atoms with E-state index in [1.165, 1.54) is 0 Å². The van der Waals surface area contributed by atoms with Crippen molar-refractivity contribution in [1.29, 1.82) is 0 Å². The zero-order valence-electron chi connectivity index (χ0n) is 10.2. The Morgan fingerprint density at radius 1 is 1.05 bits per heavy atom. The van der Waals surface area contributed by atoms with Crippen molar-refractivity contribution < 1.29 is 9.53 Å². The fourth-order valence-corrected chi connectivity index (χ4v) is 2.73. The second-order valence-corrected chi connectivity index (χ2v) is 5.49. The van der Waals surface area contributed by atoms with Crippen molar-refractivity contribution in [3.05, 3.63) is 63.1 Å². The summed E-state index contributed by atoms with van der Waals surface area (Å²) in [4.78, 5) is 12.4. The highest BCUT2D eigenvalue weighted by molar-refractivity contribution is 9.10. The number of fused-ring (bicyclic) bond motifs is 1. The molecule has 2 aromatic rings. The highest BCUT2D eigenvalue weighted by atomic mass is 79.9. The number of halogens is 1. The van der Waals surface area contributed by atoms with Crippen LogP contribution in [0.15, 0.2) is 40.9 Å². The maximum absolute atomic E-state index is 12.4. The first-order chi connectivity index (χ1) is 9.13. The monoisotopic (exact) mass is 317 g/mol. The van der Waals surface area contributed by atoms with Crippen LogP contribution in [0.2, 0.25) is 0 Å². The molecule has 2 N–H and O–H groups in total. The van der Waals surface area contributed by atoms with Gasteiger partial charge in [-0.3, -0.25) is 4.79 Å². The largest absolute Gasteiger partial charge is 0.399 e. The molecule has 0 bridgehead atoms. The Morgan fingerprint density at radius 2 is 1.84 bits per heavy atom. The maximum atomic E-state index is 12.4. The van der Waals surface area contributed by atoms with Gasteiger partial charge in [0, 0.05) is 21.3 Å². The van der Waals surface area contributed by atoms with Crippen molar-refractivity contribution in [2.24, 2.45) is 0 Å². The number of benzene rings is 2. The molecule has 0 unspecified atom stereocenters. The van der Waals surface area contributed by atoms with Gasteiger partial charge in [-0.15, -0.1) is 0 Å². The Bertz CT molecular complexity index is 647. The summed E-state index contributed by atoms with van der Waals surface area (Å²) in [5, 5.41) is 0. The molecule has 0 fully saturated rings. The third kappa shape index (κ3) is 2.41. The highest BCUT2D eigenvalue weighted by Crippen LogP contribution is 2.24. The summed E-state index contributed by atoms with van der Waals surface area (Å²) in [6, 6.07) is 10.9. The Morgan fingerprint density at radius 3 is 2.63 bits per heavy atom. The highest BCUT2D eigenvalue weighted by Gasteiger charge is 2.16. The number of nitrogen functional groups attached to an aromatic ring is 1. The van der Waals surface area contributed by atoms with Crippen LogP contribution in [0.5, 0.6) is 0 Å². The molecule has 0 radical (unpaired) electrons. The predicted octanol–water partition coefficient (Wildman–Crippen LogP) is 3.29. The van der Waals surface area contributed by atoms with Gasteiger partial charge in [0.15, 0.2) is 5.78 Å². The van der Waals surface area contributed by atoms with Gasteiger partial charge in [-0.2, -0.15) is 0 Å². The maximum Gasteiger partial charge on any atom is 0.193 e. The van der Waals surface area contributed by atoms with Gasteiger partial charge in [-0.25, -0.2) is 0 Å². The molecule has 0 saturated heterocycles. The summed E-state index contributed by atoms with van der Waals surface area (Å²) in [5.41, 5.74) is 9.84. The summed E-state index contributed by atoms with van der Waals surface area (Å²) in [6.07, 6.45) is 0. The van der Waals surface area contributed by atoms with Crippen molar-refractivity contribution in [2.45, 2.75) is 13.2 Å². The van der Waals surface area contributed by atoms with Crippen molar-refractivity contribution in [3.8, 4) is 0 Å². The minimum Gasteiger partial charge on any atom is -0.399 e. The molecule has 3 rings (SSSR count). The minimum atomic E-state index is -0.0253. The quantitative estimate of drug-likeness (QED) is 0.683. The van der Waals surface area contributed by atoms with Gasteiger partial charge >= 0.3 is 0 Å². The van der Waals surface area contributed by atoms with Crippen LogP contribution in [0.1, 0.15) is 27.0 Å². The third-order valence-corrected chi connectivity index (χ3v) is 3.62. The number of carbonyl (C=O) groups is 1. The van der Waals surface area contributed by atoms with Crippen molar-refractivity contribution in [2.75, 3.05) is 5.73 Å². The zero-order chi connectivity index (χ0) is 13.4. The molecule has 0 saturated carbocycles. The number of hydrogen-bond donors (Lipinski definition) is 1. The van der Waals surface area contributed by atoms with Gasteiger partial charge in [0.25, 0.3) is 0 Å². The first kappa shape index (κ1) is 12.4. The molecule has 0 spiro atoms. The van der Waals surface area contributed by atoms with Crippen LogP contribution < -0.4 is 5.73 Å². The smallest absolute Gasteiger partial charge is 0.193 e. The van der Waals surface area contributed by atoms with Gasteiger partial charge in [-0.1, -0.05) is 28.1 Å². The van der Waals surface area contributed by atoms with Crippen LogP contribution in [0.4, 0.5) is 5.69 Å². The number of hydrogen-bond acceptors (Lipinski definition) is 3. The van der Waals surface area contributed by atoms with Gasteiger partial charge in [0.2, 0.25) is 0 Å². The standard InChI is InChI=1S/C15H12BrNO2/c16-13-4-11(5-14(17)6-13)15(18)9-1-2-10-7-19-8-12(10)3-9/h1-6H,7-8,17H2. The lowest BCUT2D eigenvalue weighted by Gasteiger charge is -2.05. The molecule has 0 atom stereocenters. The van der Waals surface area contributed by atoms with Crippen LogP contribution in [-0.4, -0.2) is 5.78 Å². The summed E-state index contributed by atoms with van der Waals surface area (Å²) in [6.45, 7) is 1.21. The molecule has 1 heterocycles. The Hall–Kier alpha value is -1.65. The van der Waals surface area contributed by atoms with Crippen LogP contribution in [0.25, 0.3) is 0 Å². The van der Waals surface area contributed by atoms with Crippen molar-refractivity contribution in [1.82, 2.24) is 0 Å². The molecule has 0 aliphatic carbocycles. The fourth-order valence-electron chi connectivity index (χ4n) is 2.22. The first-order valence-electron chi connectivity index (χ1n) is 5.94. The molecule has 0 aromatic heterocycles. The molecule has 3 nitrogen and oxygen atoms in total.